The van der Waals surface area contributed by atoms with Gasteiger partial charge in [0.25, 0.3) is 11.1 Å². The standard InChI is InChI=1S/C32H40N2O8S3Si/c1-8-21-40-31(36)27(33(3)45(38,39)26-16-14-25(15-17-26)41-24-12-10-9-11-13-24)18-20-34-30(35)29-28(19-22-43-29)44(4,32(34)37)42-23(2)46(5,6)7/h8-17,19,22-23,27H,1,18,20-21H2,2-7H3. The second-order valence-corrected chi connectivity index (χ2v) is 23.0. The number of hydrogen-bond acceptors (Lipinski definition) is 9. The van der Waals surface area contributed by atoms with Crippen LogP contribution < -0.4 is 4.74 Å². The van der Waals surface area contributed by atoms with E-state index in [1.54, 1.807) is 29.8 Å². The lowest BCUT2D eigenvalue weighted by molar-refractivity contribution is -0.147. The maximum Gasteiger partial charge on any atom is 0.324 e. The molecule has 1 aliphatic rings. The van der Waals surface area contributed by atoms with E-state index >= 15 is 0 Å². The lowest BCUT2D eigenvalue weighted by Crippen LogP contribution is -2.49. The Bertz CT molecular complexity index is 1690. The lowest BCUT2D eigenvalue weighted by atomic mass is 10.2. The third-order valence-electron chi connectivity index (χ3n) is 7.76. The van der Waals surface area contributed by atoms with E-state index in [1.807, 2.05) is 25.1 Å². The van der Waals surface area contributed by atoms with Crippen molar-refractivity contribution in [2.45, 2.75) is 54.5 Å². The van der Waals surface area contributed by atoms with E-state index in [1.165, 1.54) is 48.7 Å². The first-order valence-electron chi connectivity index (χ1n) is 14.6. The van der Waals surface area contributed by atoms with Crippen molar-refractivity contribution in [3.63, 3.8) is 0 Å². The van der Waals surface area contributed by atoms with Crippen LogP contribution in [-0.4, -0.2) is 81.0 Å². The van der Waals surface area contributed by atoms with Crippen molar-refractivity contribution in [3.8, 4) is 11.5 Å². The molecule has 3 unspecified atom stereocenters. The molecular weight excluding hydrogens is 665 g/mol. The van der Waals surface area contributed by atoms with Crippen molar-refractivity contribution in [1.29, 1.82) is 0 Å². The van der Waals surface area contributed by atoms with Crippen LogP contribution in [0.1, 0.15) is 23.0 Å². The molecule has 0 aliphatic carbocycles. The normalized spacial score (nSPS) is 19.6. The van der Waals surface area contributed by atoms with Gasteiger partial charge in [-0.2, -0.15) is 4.31 Å². The minimum Gasteiger partial charge on any atom is -0.460 e. The Labute approximate surface area is 277 Å². The van der Waals surface area contributed by atoms with Gasteiger partial charge in [0, 0.05) is 24.7 Å². The summed E-state index contributed by atoms with van der Waals surface area (Å²) in [6.07, 6.45) is 2.92. The van der Waals surface area contributed by atoms with Gasteiger partial charge in [-0.1, -0.05) is 50.5 Å². The number of hydrogen-bond donors (Lipinski definition) is 0. The molecular formula is C32H40N2O8S3Si. The molecule has 2 amide bonds. The first-order valence-corrected chi connectivity index (χ1v) is 22.5. The van der Waals surface area contributed by atoms with Crippen molar-refractivity contribution >= 4 is 56.9 Å². The summed E-state index contributed by atoms with van der Waals surface area (Å²) in [7, 11) is -7.33. The highest BCUT2D eigenvalue weighted by Crippen LogP contribution is 2.61. The predicted octanol–water partition coefficient (Wildman–Crippen LogP) is 6.92. The van der Waals surface area contributed by atoms with Crippen LogP contribution in [0, 0.1) is 0 Å². The van der Waals surface area contributed by atoms with Gasteiger partial charge in [0.05, 0.1) is 18.7 Å². The Balaban J connectivity index is 1.59. The van der Waals surface area contributed by atoms with Gasteiger partial charge >= 0.3 is 5.97 Å². The number of fused-ring (bicyclic) bond motifs is 1. The molecule has 0 saturated heterocycles. The molecule has 0 spiro atoms. The van der Waals surface area contributed by atoms with Gasteiger partial charge in [0.2, 0.25) is 10.0 Å². The molecule has 1 aromatic heterocycles. The fourth-order valence-corrected chi connectivity index (χ4v) is 11.4. The summed E-state index contributed by atoms with van der Waals surface area (Å²) in [5.74, 6) is -0.305. The smallest absolute Gasteiger partial charge is 0.324 e. The van der Waals surface area contributed by atoms with Crippen LogP contribution in [0.25, 0.3) is 0 Å². The van der Waals surface area contributed by atoms with Gasteiger partial charge in [-0.25, -0.2) is 8.42 Å². The minimum atomic E-state index is -4.22. The number of rotatable bonds is 14. The number of ether oxygens (including phenoxy) is 2. The minimum absolute atomic E-state index is 0.0731. The maximum atomic E-state index is 14.1. The molecule has 2 aromatic carbocycles. The summed E-state index contributed by atoms with van der Waals surface area (Å²) >= 11 is 1.23. The first kappa shape index (κ1) is 35.6. The summed E-state index contributed by atoms with van der Waals surface area (Å²) in [6, 6.07) is 15.3. The number of para-hydroxylation sites is 1. The number of likely N-dealkylation sites (N-methyl/N-ethyl adjacent to an activating group) is 1. The van der Waals surface area contributed by atoms with Crippen LogP contribution in [0.3, 0.4) is 0 Å². The second-order valence-electron chi connectivity index (χ2n) is 11.9. The van der Waals surface area contributed by atoms with Crippen LogP contribution >= 0.6 is 21.6 Å². The van der Waals surface area contributed by atoms with E-state index in [-0.39, 0.29) is 30.2 Å². The van der Waals surface area contributed by atoms with Crippen LogP contribution in [0.15, 0.2) is 88.5 Å². The average molecular weight is 705 g/mol. The van der Waals surface area contributed by atoms with Gasteiger partial charge in [-0.05, 0) is 71.5 Å². The largest absolute Gasteiger partial charge is 0.460 e. The number of benzene rings is 2. The van der Waals surface area contributed by atoms with Crippen LogP contribution in [0.4, 0.5) is 4.79 Å². The number of thiophene rings is 1. The van der Waals surface area contributed by atoms with E-state index in [0.717, 1.165) is 9.21 Å². The quantitative estimate of drug-likeness (QED) is 0.101. The zero-order chi connectivity index (χ0) is 33.9. The molecule has 46 heavy (non-hydrogen) atoms. The molecule has 3 atom stereocenters. The number of sulfonamides is 1. The van der Waals surface area contributed by atoms with Crippen molar-refractivity contribution in [3.05, 3.63) is 83.6 Å². The van der Waals surface area contributed by atoms with Gasteiger partial charge in [-0.15, -0.1) is 11.3 Å². The molecule has 2 heterocycles. The zero-order valence-corrected chi connectivity index (χ0v) is 30.2. The fourth-order valence-electron chi connectivity index (χ4n) is 4.56. The Morgan fingerprint density at radius 3 is 2.30 bits per heavy atom. The zero-order valence-electron chi connectivity index (χ0n) is 26.8. The van der Waals surface area contributed by atoms with Crippen LogP contribution in [-0.2, 0) is 23.7 Å². The second kappa shape index (κ2) is 14.2. The molecule has 1 aliphatic heterocycles. The molecule has 3 aromatic rings. The highest BCUT2D eigenvalue weighted by atomic mass is 32.3. The number of amides is 2. The molecule has 0 radical (unpaired) electrons. The van der Waals surface area contributed by atoms with Crippen LogP contribution in [0.2, 0.25) is 19.6 Å². The summed E-state index contributed by atoms with van der Waals surface area (Å²) in [5, 5.41) is 1.28. The monoisotopic (exact) mass is 704 g/mol. The van der Waals surface area contributed by atoms with Crippen molar-refractivity contribution in [2.24, 2.45) is 0 Å². The van der Waals surface area contributed by atoms with E-state index in [0.29, 0.717) is 21.3 Å². The third kappa shape index (κ3) is 7.48. The lowest BCUT2D eigenvalue weighted by Gasteiger charge is -2.44. The molecule has 0 N–H and O–H groups in total. The first-order chi connectivity index (χ1) is 21.6. The number of esters is 1. The van der Waals surface area contributed by atoms with Gasteiger partial charge < -0.3 is 13.7 Å². The Morgan fingerprint density at radius 2 is 1.70 bits per heavy atom. The molecule has 0 bridgehead atoms. The number of carbonyl (C=O) groups excluding carboxylic acids is 3. The molecule has 0 fully saturated rings. The fraction of sp³-hybridized carbons (Fsp3) is 0.344. The maximum absolute atomic E-state index is 14.1. The number of imide groups is 1. The van der Waals surface area contributed by atoms with Crippen LogP contribution in [0.5, 0.6) is 11.5 Å². The van der Waals surface area contributed by atoms with Crippen molar-refractivity contribution in [2.75, 3.05) is 26.5 Å². The van der Waals surface area contributed by atoms with Gasteiger partial charge in [0.1, 0.15) is 29.0 Å². The van der Waals surface area contributed by atoms with Crippen molar-refractivity contribution < 1.29 is 36.5 Å². The SMILES string of the molecule is C=CCOC(=O)C(CCN1C(=O)c2sccc2S(C)(OC(C)[Si](C)(C)C)C1=O)N(C)S(=O)(=O)c1ccc(Oc2ccccc2)cc1. The predicted molar refractivity (Wildman–Crippen MR) is 184 cm³/mol. The topological polar surface area (TPSA) is 120 Å². The molecule has 4 rings (SSSR count). The number of nitrogens with zero attached hydrogens (tertiary/aromatic N) is 2. The molecule has 248 valence electrons. The molecule has 10 nitrogen and oxygen atoms in total. The third-order valence-corrected chi connectivity index (χ3v) is 16.1. The molecule has 0 saturated carbocycles. The Hall–Kier alpha value is -3.27. The number of carbonyl (C=O) groups is 3. The highest BCUT2D eigenvalue weighted by molar-refractivity contribution is 8.41. The van der Waals surface area contributed by atoms with E-state index in [9.17, 15) is 22.8 Å². The van der Waals surface area contributed by atoms with E-state index in [4.69, 9.17) is 13.7 Å². The summed E-state index contributed by atoms with van der Waals surface area (Å²) in [6.45, 7) is 11.6. The Kier molecular flexibility index (Phi) is 11.0. The summed E-state index contributed by atoms with van der Waals surface area (Å²) in [5.41, 5.74) is -0.179. The average Bonchev–Trinajstić information content (AvgIpc) is 3.52. The summed E-state index contributed by atoms with van der Waals surface area (Å²) in [4.78, 5) is 42.9. The molecule has 14 heteroatoms. The summed E-state index contributed by atoms with van der Waals surface area (Å²) < 4.78 is 46.0. The Morgan fingerprint density at radius 1 is 1.07 bits per heavy atom. The van der Waals surface area contributed by atoms with Gasteiger partial charge in [-0.3, -0.25) is 19.3 Å². The highest BCUT2D eigenvalue weighted by Gasteiger charge is 2.48. The van der Waals surface area contributed by atoms with Gasteiger partial charge in [0.15, 0.2) is 0 Å². The van der Waals surface area contributed by atoms with Crippen molar-refractivity contribution in [1.82, 2.24) is 9.21 Å². The van der Waals surface area contributed by atoms with E-state index < -0.39 is 51.6 Å². The van der Waals surface area contributed by atoms with E-state index in [2.05, 4.69) is 26.2 Å².